The quantitative estimate of drug-likeness (QED) is 0.390. The number of ether oxygens (including phenoxy) is 1. The van der Waals surface area contributed by atoms with Gasteiger partial charge in [-0.3, -0.25) is 4.79 Å². The summed E-state index contributed by atoms with van der Waals surface area (Å²) in [5.41, 5.74) is 1.02. The maximum atomic E-state index is 13.7. The summed E-state index contributed by atoms with van der Waals surface area (Å²) < 4.78 is 19.0. The zero-order valence-electron chi connectivity index (χ0n) is 15.7. The molecule has 0 N–H and O–H groups in total. The number of halogens is 1. The van der Waals surface area contributed by atoms with Gasteiger partial charge < -0.3 is 4.74 Å². The van der Waals surface area contributed by atoms with Crippen LogP contribution in [0, 0.1) is 31.0 Å². The number of hydrogen-bond donors (Lipinski definition) is 0. The topological polar surface area (TPSA) is 26.3 Å². The first-order chi connectivity index (χ1) is 11.4. The van der Waals surface area contributed by atoms with Crippen LogP contribution in [0.15, 0.2) is 24.3 Å². The van der Waals surface area contributed by atoms with E-state index in [1.165, 1.54) is 6.07 Å². The number of hydrogen-bond acceptors (Lipinski definition) is 2. The summed E-state index contributed by atoms with van der Waals surface area (Å²) in [6.07, 6.45) is 5.37. The Morgan fingerprint density at radius 2 is 1.75 bits per heavy atom. The van der Waals surface area contributed by atoms with E-state index < -0.39 is 5.82 Å². The second-order valence-corrected chi connectivity index (χ2v) is 4.98. The van der Waals surface area contributed by atoms with Gasteiger partial charge in [0.1, 0.15) is 11.6 Å². The maximum absolute atomic E-state index is 13.7. The Morgan fingerprint density at radius 1 is 1.17 bits per heavy atom. The molecular weight excluding hydrogens is 303 g/mol. The molecule has 0 aromatic heterocycles. The molecular formula is C21H27FO2. The predicted octanol–water partition coefficient (Wildman–Crippen LogP) is 5.88. The minimum atomic E-state index is -0.421. The molecule has 0 aliphatic rings. The van der Waals surface area contributed by atoms with Gasteiger partial charge in [-0.15, -0.1) is 6.42 Å². The molecule has 0 spiro atoms. The van der Waals surface area contributed by atoms with Gasteiger partial charge in [-0.05, 0) is 36.1 Å². The van der Waals surface area contributed by atoms with Gasteiger partial charge in [0.05, 0.1) is 11.5 Å². The van der Waals surface area contributed by atoms with E-state index >= 15 is 0 Å². The van der Waals surface area contributed by atoms with Crippen molar-refractivity contribution >= 4 is 16.7 Å². The number of benzene rings is 2. The van der Waals surface area contributed by atoms with Crippen molar-refractivity contribution < 1.29 is 13.9 Å². The molecule has 0 atom stereocenters. The molecule has 3 heteroatoms. The fraction of sp³-hybridized carbons (Fsp3) is 0.381. The third-order valence-electron chi connectivity index (χ3n) is 3.07. The van der Waals surface area contributed by atoms with Gasteiger partial charge in [-0.25, -0.2) is 4.39 Å². The fourth-order valence-corrected chi connectivity index (χ4v) is 2.05. The highest BCUT2D eigenvalue weighted by Gasteiger charge is 2.13. The molecule has 130 valence electrons. The molecule has 2 rings (SSSR count). The number of terminal acetylenes is 1. The van der Waals surface area contributed by atoms with Crippen molar-refractivity contribution in [2.45, 2.75) is 48.5 Å². The molecule has 2 aromatic rings. The first kappa shape index (κ1) is 21.7. The van der Waals surface area contributed by atoms with Crippen molar-refractivity contribution in [2.24, 2.45) is 5.92 Å². The predicted molar refractivity (Wildman–Crippen MR) is 99.7 cm³/mol. The maximum Gasteiger partial charge on any atom is 0.313 e. The lowest BCUT2D eigenvalue weighted by Crippen LogP contribution is -2.14. The summed E-state index contributed by atoms with van der Waals surface area (Å²) >= 11 is 0. The monoisotopic (exact) mass is 330 g/mol. The van der Waals surface area contributed by atoms with E-state index in [0.717, 1.165) is 10.9 Å². The van der Waals surface area contributed by atoms with E-state index in [1.807, 2.05) is 34.6 Å². The molecule has 0 heterocycles. The lowest BCUT2D eigenvalue weighted by molar-refractivity contribution is -0.137. The molecule has 0 saturated heterocycles. The van der Waals surface area contributed by atoms with Crippen LogP contribution < -0.4 is 4.74 Å². The van der Waals surface area contributed by atoms with Gasteiger partial charge in [0.15, 0.2) is 0 Å². The van der Waals surface area contributed by atoms with Gasteiger partial charge in [-0.2, -0.15) is 0 Å². The van der Waals surface area contributed by atoms with Crippen molar-refractivity contribution in [1.82, 2.24) is 0 Å². The second kappa shape index (κ2) is 10.4. The van der Waals surface area contributed by atoms with E-state index in [-0.39, 0.29) is 17.5 Å². The Bertz CT molecular complexity index is 725. The van der Waals surface area contributed by atoms with Crippen molar-refractivity contribution in [3.63, 3.8) is 0 Å². The van der Waals surface area contributed by atoms with Gasteiger partial charge in [0.2, 0.25) is 0 Å². The van der Waals surface area contributed by atoms with Crippen molar-refractivity contribution in [2.75, 3.05) is 0 Å². The van der Waals surface area contributed by atoms with Crippen molar-refractivity contribution in [3.05, 3.63) is 41.2 Å². The second-order valence-electron chi connectivity index (χ2n) is 4.98. The normalized spacial score (nSPS) is 9.33. The minimum absolute atomic E-state index is 0.208. The third-order valence-corrected chi connectivity index (χ3v) is 3.07. The molecule has 0 aliphatic heterocycles. The SMILES string of the molecule is C#Cc1c(F)ccc2cc(OC(=O)C(C)C)cc(C)c12.CC.CC. The molecule has 2 aromatic carbocycles. The minimum Gasteiger partial charge on any atom is -0.426 e. The van der Waals surface area contributed by atoms with Crippen LogP contribution in [0.3, 0.4) is 0 Å². The molecule has 0 amide bonds. The van der Waals surface area contributed by atoms with Crippen LogP contribution in [0.4, 0.5) is 4.39 Å². The molecule has 0 saturated carbocycles. The number of rotatable bonds is 2. The van der Waals surface area contributed by atoms with Crippen LogP contribution in [0.1, 0.15) is 52.7 Å². The summed E-state index contributed by atoms with van der Waals surface area (Å²) in [6, 6.07) is 6.35. The van der Waals surface area contributed by atoms with E-state index in [9.17, 15) is 9.18 Å². The Hall–Kier alpha value is -2.34. The Kier molecular flexibility index (Phi) is 9.42. The van der Waals surface area contributed by atoms with E-state index in [2.05, 4.69) is 5.92 Å². The highest BCUT2D eigenvalue weighted by Crippen LogP contribution is 2.29. The van der Waals surface area contributed by atoms with Crippen LogP contribution >= 0.6 is 0 Å². The van der Waals surface area contributed by atoms with Gasteiger partial charge in [0, 0.05) is 5.39 Å². The van der Waals surface area contributed by atoms with Crippen molar-refractivity contribution in [3.8, 4) is 18.1 Å². The molecule has 0 aliphatic carbocycles. The van der Waals surface area contributed by atoms with E-state index in [0.29, 0.717) is 11.1 Å². The summed E-state index contributed by atoms with van der Waals surface area (Å²) in [4.78, 5) is 11.6. The lowest BCUT2D eigenvalue weighted by atomic mass is 9.99. The smallest absolute Gasteiger partial charge is 0.313 e. The van der Waals surface area contributed by atoms with Crippen LogP contribution in [0.5, 0.6) is 5.75 Å². The Labute approximate surface area is 145 Å². The average Bonchev–Trinajstić information content (AvgIpc) is 2.58. The van der Waals surface area contributed by atoms with E-state index in [4.69, 9.17) is 11.2 Å². The Balaban J connectivity index is 0.00000123. The fourth-order valence-electron chi connectivity index (χ4n) is 2.05. The number of aryl methyl sites for hydroxylation is 1. The zero-order valence-corrected chi connectivity index (χ0v) is 15.7. The molecule has 0 unspecified atom stereocenters. The number of carbonyl (C=O) groups excluding carboxylic acids is 1. The highest BCUT2D eigenvalue weighted by atomic mass is 19.1. The first-order valence-electron chi connectivity index (χ1n) is 8.35. The van der Waals surface area contributed by atoms with Gasteiger partial charge in [0.25, 0.3) is 0 Å². The first-order valence-corrected chi connectivity index (χ1v) is 8.35. The van der Waals surface area contributed by atoms with Crippen LogP contribution in [0.2, 0.25) is 0 Å². The van der Waals surface area contributed by atoms with Crippen LogP contribution in [-0.2, 0) is 4.79 Å². The number of fused-ring (bicyclic) bond motifs is 1. The summed E-state index contributed by atoms with van der Waals surface area (Å²) in [7, 11) is 0. The largest absolute Gasteiger partial charge is 0.426 e. The molecule has 0 fully saturated rings. The molecule has 24 heavy (non-hydrogen) atoms. The molecule has 2 nitrogen and oxygen atoms in total. The van der Waals surface area contributed by atoms with Crippen LogP contribution in [-0.4, -0.2) is 5.97 Å². The average molecular weight is 330 g/mol. The third kappa shape index (κ3) is 5.09. The summed E-state index contributed by atoms with van der Waals surface area (Å²) in [6.45, 7) is 13.3. The highest BCUT2D eigenvalue weighted by molar-refractivity contribution is 5.92. The van der Waals surface area contributed by atoms with E-state index in [1.54, 1.807) is 32.0 Å². The molecule has 0 radical (unpaired) electrons. The van der Waals surface area contributed by atoms with Crippen molar-refractivity contribution in [1.29, 1.82) is 0 Å². The number of carbonyl (C=O) groups is 1. The number of esters is 1. The van der Waals surface area contributed by atoms with Gasteiger partial charge >= 0.3 is 5.97 Å². The standard InChI is InChI=1S/C17H15FO2.2C2H6/c1-5-14-15(18)7-6-12-9-13(8-11(4)16(12)14)20-17(19)10(2)3;2*1-2/h1,6-10H,2-4H3;2*1-2H3. The zero-order chi connectivity index (χ0) is 18.9. The van der Waals surface area contributed by atoms with Gasteiger partial charge in [-0.1, -0.05) is 53.5 Å². The van der Waals surface area contributed by atoms with Crippen LogP contribution in [0.25, 0.3) is 10.8 Å². The summed E-state index contributed by atoms with van der Waals surface area (Å²) in [5, 5.41) is 1.43. The Morgan fingerprint density at radius 3 is 2.25 bits per heavy atom. The summed E-state index contributed by atoms with van der Waals surface area (Å²) in [5.74, 6) is 1.89. The lowest BCUT2D eigenvalue weighted by Gasteiger charge is -2.11. The molecule has 0 bridgehead atoms.